The number of carbonyl (C=O) groups is 3. The monoisotopic (exact) mass is 625 g/mol. The van der Waals surface area contributed by atoms with Gasteiger partial charge in [0, 0.05) is 20.8 Å². The lowest BCUT2D eigenvalue weighted by Crippen LogP contribution is -2.40. The molecule has 230 valence electrons. The summed E-state index contributed by atoms with van der Waals surface area (Å²) >= 11 is 0. The summed E-state index contributed by atoms with van der Waals surface area (Å²) in [6, 6.07) is 16.9. The third kappa shape index (κ3) is 7.13. The lowest BCUT2D eigenvalue weighted by atomic mass is 10.1. The number of hydrogen-bond donors (Lipinski definition) is 1. The maximum absolute atomic E-state index is 14.1. The summed E-state index contributed by atoms with van der Waals surface area (Å²) in [4.78, 5) is 48.4. The summed E-state index contributed by atoms with van der Waals surface area (Å²) < 4.78 is 49.3. The molecule has 1 aliphatic heterocycles. The second kappa shape index (κ2) is 13.1. The van der Waals surface area contributed by atoms with Gasteiger partial charge in [-0.15, -0.1) is 0 Å². The Morgan fingerprint density at radius 2 is 1.43 bits per heavy atom. The maximum Gasteiger partial charge on any atom is 0.542 e. The number of imidazole rings is 1. The number of para-hydroxylation sites is 2. The number of carbonyl (C=O) groups excluding carboxylic acids is 3. The van der Waals surface area contributed by atoms with Crippen molar-refractivity contribution in [2.24, 2.45) is 0 Å². The maximum atomic E-state index is 14.1. The van der Waals surface area contributed by atoms with Gasteiger partial charge in [0.15, 0.2) is 35.4 Å². The van der Waals surface area contributed by atoms with Gasteiger partial charge < -0.3 is 28.0 Å². The van der Waals surface area contributed by atoms with Crippen LogP contribution in [0, 0.1) is 0 Å². The Kier molecular flexibility index (Phi) is 9.07. The summed E-state index contributed by atoms with van der Waals surface area (Å²) in [6.45, 7) is 3.31. The second-order valence-corrected chi connectivity index (χ2v) is 11.1. The smallest absolute Gasteiger partial charge is 0.463 e. The highest BCUT2D eigenvalue weighted by Crippen LogP contribution is 2.49. The molecule has 2 aromatic heterocycles. The average molecular weight is 626 g/mol. The first-order valence-corrected chi connectivity index (χ1v) is 14.8. The largest absolute Gasteiger partial charge is 0.542 e. The van der Waals surface area contributed by atoms with Crippen LogP contribution in [-0.4, -0.2) is 62.3 Å². The molecular weight excluding hydrogens is 597 g/mol. The quantitative estimate of drug-likeness (QED) is 0.144. The molecule has 0 radical (unpaired) electrons. The topological polar surface area (TPSA) is 179 Å². The Morgan fingerprint density at radius 1 is 0.841 bits per heavy atom. The van der Waals surface area contributed by atoms with Crippen molar-refractivity contribution in [3.05, 3.63) is 73.3 Å². The van der Waals surface area contributed by atoms with Crippen LogP contribution in [0.25, 0.3) is 11.2 Å². The van der Waals surface area contributed by atoms with E-state index < -0.39 is 50.2 Å². The van der Waals surface area contributed by atoms with Gasteiger partial charge in [-0.25, -0.2) is 19.5 Å². The Labute approximate surface area is 251 Å². The number of anilines is 1. The van der Waals surface area contributed by atoms with E-state index in [2.05, 4.69) is 20.0 Å². The first kappa shape index (κ1) is 30.4. The highest BCUT2D eigenvalue weighted by atomic mass is 31.2. The Hall–Kier alpha value is -5.01. The number of nitrogens with zero attached hydrogens (tertiary/aromatic N) is 4. The van der Waals surface area contributed by atoms with E-state index >= 15 is 0 Å². The zero-order valence-corrected chi connectivity index (χ0v) is 24.7. The summed E-state index contributed by atoms with van der Waals surface area (Å²) in [5.74, 6) is -1.38. The number of benzene rings is 2. The molecule has 4 atom stereocenters. The molecule has 0 amide bonds. The SMILES string of the molecule is CC(=O)OC[C@H]1O[C@@H](n2cnc3c(NP(=O)(Oc4ccccc4)Oc4ccccc4)ncnc32)[C@H](OC(C)=O)[C@@H]1OC(C)=O. The molecule has 1 aliphatic rings. The summed E-state index contributed by atoms with van der Waals surface area (Å²) in [6.07, 6.45) is -1.89. The summed E-state index contributed by atoms with van der Waals surface area (Å²) in [7, 11) is -4.19. The van der Waals surface area contributed by atoms with Gasteiger partial charge >= 0.3 is 25.7 Å². The Morgan fingerprint density at radius 3 is 2.00 bits per heavy atom. The Balaban J connectivity index is 1.50. The molecule has 2 aromatic carbocycles. The molecule has 44 heavy (non-hydrogen) atoms. The molecule has 4 aromatic rings. The molecule has 1 N–H and O–H groups in total. The molecular formula is C28H28N5O10P. The number of ether oxygens (including phenoxy) is 4. The van der Waals surface area contributed by atoms with E-state index in [0.29, 0.717) is 0 Å². The van der Waals surface area contributed by atoms with Crippen molar-refractivity contribution in [1.82, 2.24) is 19.5 Å². The number of hydrogen-bond acceptors (Lipinski definition) is 13. The molecule has 0 bridgehead atoms. The molecule has 0 saturated carbocycles. The van der Waals surface area contributed by atoms with E-state index in [0.717, 1.165) is 0 Å². The van der Waals surface area contributed by atoms with Crippen LogP contribution in [0.3, 0.4) is 0 Å². The van der Waals surface area contributed by atoms with Crippen LogP contribution in [-0.2, 0) is 37.9 Å². The Bertz CT molecular complexity index is 1640. The third-order valence-electron chi connectivity index (χ3n) is 6.15. The number of rotatable bonds is 11. The molecule has 15 nitrogen and oxygen atoms in total. The van der Waals surface area contributed by atoms with Gasteiger partial charge in [0.2, 0.25) is 0 Å². The molecule has 1 saturated heterocycles. The van der Waals surface area contributed by atoms with Crippen LogP contribution >= 0.6 is 7.75 Å². The van der Waals surface area contributed by atoms with Gasteiger partial charge in [-0.2, -0.15) is 0 Å². The lowest BCUT2D eigenvalue weighted by molar-refractivity contribution is -0.166. The fraction of sp³-hybridized carbons (Fsp3) is 0.286. The number of fused-ring (bicyclic) bond motifs is 1. The minimum absolute atomic E-state index is 0.000946. The molecule has 5 rings (SSSR count). The van der Waals surface area contributed by atoms with Crippen LogP contribution in [0.2, 0.25) is 0 Å². The normalized spacial score (nSPS) is 19.6. The average Bonchev–Trinajstić information content (AvgIpc) is 3.54. The van der Waals surface area contributed by atoms with Gasteiger partial charge in [0.1, 0.15) is 30.5 Å². The van der Waals surface area contributed by atoms with Gasteiger partial charge in [-0.1, -0.05) is 36.4 Å². The first-order chi connectivity index (χ1) is 21.1. The fourth-order valence-corrected chi connectivity index (χ4v) is 5.82. The molecule has 0 aliphatic carbocycles. The second-order valence-electron chi connectivity index (χ2n) is 9.48. The predicted molar refractivity (Wildman–Crippen MR) is 152 cm³/mol. The van der Waals surface area contributed by atoms with Crippen molar-refractivity contribution in [3.8, 4) is 11.5 Å². The number of aromatic nitrogens is 4. The predicted octanol–water partition coefficient (Wildman–Crippen LogP) is 3.83. The van der Waals surface area contributed by atoms with Crippen molar-refractivity contribution < 1.29 is 46.9 Å². The van der Waals surface area contributed by atoms with Crippen LogP contribution in [0.5, 0.6) is 11.5 Å². The van der Waals surface area contributed by atoms with Gasteiger partial charge in [0.25, 0.3) is 0 Å². The van der Waals surface area contributed by atoms with E-state index in [4.69, 9.17) is 28.0 Å². The first-order valence-electron chi connectivity index (χ1n) is 13.3. The van der Waals surface area contributed by atoms with Crippen molar-refractivity contribution in [1.29, 1.82) is 0 Å². The molecule has 0 spiro atoms. The lowest BCUT2D eigenvalue weighted by Gasteiger charge is -2.23. The van der Waals surface area contributed by atoms with Crippen molar-refractivity contribution in [3.63, 3.8) is 0 Å². The zero-order chi connectivity index (χ0) is 31.3. The minimum atomic E-state index is -4.19. The van der Waals surface area contributed by atoms with Crippen molar-refractivity contribution >= 4 is 42.6 Å². The van der Waals surface area contributed by atoms with E-state index in [1.807, 2.05) is 0 Å². The summed E-state index contributed by atoms with van der Waals surface area (Å²) in [5.41, 5.74) is 0.309. The highest BCUT2D eigenvalue weighted by Gasteiger charge is 2.51. The number of nitrogens with one attached hydrogen (secondary N) is 1. The van der Waals surface area contributed by atoms with E-state index in [-0.39, 0.29) is 35.1 Å². The van der Waals surface area contributed by atoms with Crippen LogP contribution in [0.15, 0.2) is 73.3 Å². The van der Waals surface area contributed by atoms with Crippen molar-refractivity contribution in [2.45, 2.75) is 45.3 Å². The van der Waals surface area contributed by atoms with E-state index in [9.17, 15) is 18.9 Å². The van der Waals surface area contributed by atoms with E-state index in [1.54, 1.807) is 60.7 Å². The molecule has 16 heteroatoms. The van der Waals surface area contributed by atoms with Crippen LogP contribution in [0.1, 0.15) is 27.0 Å². The molecule has 0 unspecified atom stereocenters. The number of esters is 3. The summed E-state index contributed by atoms with van der Waals surface area (Å²) in [5, 5.41) is 2.75. The van der Waals surface area contributed by atoms with Gasteiger partial charge in [0.05, 0.1) is 6.33 Å². The van der Waals surface area contributed by atoms with Crippen molar-refractivity contribution in [2.75, 3.05) is 11.7 Å². The van der Waals surface area contributed by atoms with Crippen LogP contribution < -0.4 is 14.1 Å². The molecule has 1 fully saturated rings. The fourth-order valence-electron chi connectivity index (χ4n) is 4.47. The highest BCUT2D eigenvalue weighted by molar-refractivity contribution is 7.56. The van der Waals surface area contributed by atoms with Gasteiger partial charge in [-0.3, -0.25) is 24.0 Å². The molecule has 3 heterocycles. The van der Waals surface area contributed by atoms with Gasteiger partial charge in [-0.05, 0) is 24.3 Å². The minimum Gasteiger partial charge on any atom is -0.463 e. The third-order valence-corrected chi connectivity index (χ3v) is 7.54. The zero-order valence-electron chi connectivity index (χ0n) is 23.8. The van der Waals surface area contributed by atoms with Crippen LogP contribution in [0.4, 0.5) is 5.82 Å². The standard InChI is InChI=1S/C28H28N5O10P/c1-17(34)38-14-22-24(39-18(2)35)25(40-19(3)36)28(41-22)33-16-31-23-26(29-15-30-27(23)33)32-44(37,42-20-10-6-4-7-11-20)43-21-12-8-5-9-13-21/h4-13,15-16,22,24-25,28H,14H2,1-3H3,(H,29,30,32,37)/t22-,24-,25-,28-/m1/s1. The van der Waals surface area contributed by atoms with E-state index in [1.165, 1.54) is 38.0 Å².